The average molecular weight is 332 g/mol. The predicted molar refractivity (Wildman–Crippen MR) is 95.9 cm³/mol. The van der Waals surface area contributed by atoms with Gasteiger partial charge in [0.1, 0.15) is 5.22 Å². The van der Waals surface area contributed by atoms with Crippen LogP contribution in [0.25, 0.3) is 11.0 Å². The Kier molecular flexibility index (Phi) is 4.38. The van der Waals surface area contributed by atoms with Gasteiger partial charge in [-0.15, -0.1) is 11.3 Å². The molecule has 0 bridgehead atoms. The molecule has 0 saturated heterocycles. The van der Waals surface area contributed by atoms with Crippen molar-refractivity contribution in [2.24, 2.45) is 0 Å². The van der Waals surface area contributed by atoms with E-state index in [4.69, 9.17) is 9.15 Å². The van der Waals surface area contributed by atoms with E-state index >= 15 is 0 Å². The molecule has 3 nitrogen and oxygen atoms in total. The second kappa shape index (κ2) is 6.28. The molecule has 5 heteroatoms. The zero-order valence-corrected chi connectivity index (χ0v) is 16.0. The van der Waals surface area contributed by atoms with Crippen molar-refractivity contribution in [2.75, 3.05) is 20.6 Å². The lowest BCUT2D eigenvalue weighted by Gasteiger charge is -2.31. The standard InChI is InChI=1S/C17H21NO2SSi/c1-18(2)10-9-17(22,15-7-4-12-21-15)20-14-6-3-5-13-8-11-19-16(13)14/h3-8,11-12H,9-10H2,1-2,22H3. The molecule has 0 radical (unpaired) electrons. The summed E-state index contributed by atoms with van der Waals surface area (Å²) in [6, 6.07) is 12.3. The largest absolute Gasteiger partial charge is 0.483 e. The number of hydrogen-bond donors (Lipinski definition) is 0. The van der Waals surface area contributed by atoms with Crippen molar-refractivity contribution in [3.8, 4) is 5.75 Å². The minimum atomic E-state index is -0.223. The van der Waals surface area contributed by atoms with Crippen LogP contribution in [0, 0.1) is 0 Å². The normalized spacial score (nSPS) is 14.5. The molecule has 0 fully saturated rings. The molecule has 0 amide bonds. The van der Waals surface area contributed by atoms with Crippen LogP contribution in [-0.2, 0) is 5.22 Å². The van der Waals surface area contributed by atoms with Crippen LogP contribution in [0.3, 0.4) is 0 Å². The van der Waals surface area contributed by atoms with Gasteiger partial charge in [0.25, 0.3) is 0 Å². The summed E-state index contributed by atoms with van der Waals surface area (Å²) in [6.45, 7) is 0.996. The average Bonchev–Trinajstić information content (AvgIpc) is 3.17. The van der Waals surface area contributed by atoms with Crippen molar-refractivity contribution in [3.05, 3.63) is 52.9 Å². The molecule has 1 unspecified atom stereocenters. The number of nitrogens with zero attached hydrogens (tertiary/aromatic N) is 1. The van der Waals surface area contributed by atoms with E-state index in [9.17, 15) is 0 Å². The minimum Gasteiger partial charge on any atom is -0.483 e. The topological polar surface area (TPSA) is 25.6 Å². The van der Waals surface area contributed by atoms with Crippen LogP contribution in [0.1, 0.15) is 11.3 Å². The zero-order valence-electron chi connectivity index (χ0n) is 13.2. The molecule has 2 aromatic heterocycles. The van der Waals surface area contributed by atoms with E-state index in [0.717, 1.165) is 39.9 Å². The fourth-order valence-electron chi connectivity index (χ4n) is 2.53. The lowest BCUT2D eigenvalue weighted by atomic mass is 10.2. The SMILES string of the molecule is CN(C)CCC([SiH3])(Oc1cccc2ccoc12)c1cccs1. The number of para-hydroxylation sites is 1. The first-order chi connectivity index (χ1) is 10.6. The Morgan fingerprint density at radius 2 is 2.09 bits per heavy atom. The third-order valence-corrected chi connectivity index (χ3v) is 6.58. The molecule has 1 atom stereocenters. The monoisotopic (exact) mass is 331 g/mol. The third-order valence-electron chi connectivity index (χ3n) is 3.86. The second-order valence-corrected chi connectivity index (χ2v) is 8.52. The molecule has 3 aromatic rings. The Morgan fingerprint density at radius 1 is 1.23 bits per heavy atom. The number of benzene rings is 1. The zero-order chi connectivity index (χ0) is 15.6. The van der Waals surface area contributed by atoms with Gasteiger partial charge in [0, 0.05) is 23.2 Å². The Hall–Kier alpha value is -1.56. The van der Waals surface area contributed by atoms with E-state index in [0.29, 0.717) is 0 Å². The molecular formula is C17H21NO2SSi. The van der Waals surface area contributed by atoms with Crippen LogP contribution in [0.15, 0.2) is 52.5 Å². The summed E-state index contributed by atoms with van der Waals surface area (Å²) >= 11 is 1.77. The number of hydrogen-bond acceptors (Lipinski definition) is 4. The van der Waals surface area contributed by atoms with E-state index in [1.54, 1.807) is 17.6 Å². The first kappa shape index (κ1) is 15.3. The maximum Gasteiger partial charge on any atom is 0.175 e. The van der Waals surface area contributed by atoms with Gasteiger partial charge in [0.2, 0.25) is 0 Å². The molecular weight excluding hydrogens is 310 g/mol. The van der Waals surface area contributed by atoms with Gasteiger partial charge in [-0.05, 0) is 37.7 Å². The molecule has 22 heavy (non-hydrogen) atoms. The van der Waals surface area contributed by atoms with E-state index in [1.165, 1.54) is 4.88 Å². The highest BCUT2D eigenvalue weighted by Crippen LogP contribution is 2.35. The molecule has 1 aromatic carbocycles. The Balaban J connectivity index is 1.94. The Bertz CT molecular complexity index is 738. The number of ether oxygens (including phenoxy) is 1. The lowest BCUT2D eigenvalue weighted by molar-refractivity contribution is 0.138. The first-order valence-electron chi connectivity index (χ1n) is 7.42. The van der Waals surface area contributed by atoms with Gasteiger partial charge < -0.3 is 14.1 Å². The Labute approximate surface area is 137 Å². The summed E-state index contributed by atoms with van der Waals surface area (Å²) < 4.78 is 12.1. The van der Waals surface area contributed by atoms with E-state index in [2.05, 4.69) is 36.5 Å². The molecule has 0 aliphatic rings. The molecule has 0 N–H and O–H groups in total. The van der Waals surface area contributed by atoms with Crippen LogP contribution in [0.4, 0.5) is 0 Å². The quantitative estimate of drug-likeness (QED) is 0.649. The van der Waals surface area contributed by atoms with Gasteiger partial charge in [-0.2, -0.15) is 0 Å². The Morgan fingerprint density at radius 3 is 2.82 bits per heavy atom. The van der Waals surface area contributed by atoms with Crippen molar-refractivity contribution in [2.45, 2.75) is 11.6 Å². The molecule has 3 rings (SSSR count). The lowest BCUT2D eigenvalue weighted by Crippen LogP contribution is -2.36. The summed E-state index contributed by atoms with van der Waals surface area (Å²) in [5.74, 6) is 0.838. The van der Waals surface area contributed by atoms with E-state index < -0.39 is 0 Å². The van der Waals surface area contributed by atoms with Crippen molar-refractivity contribution >= 4 is 32.5 Å². The smallest absolute Gasteiger partial charge is 0.175 e. The van der Waals surface area contributed by atoms with Crippen LogP contribution in [-0.4, -0.2) is 35.8 Å². The van der Waals surface area contributed by atoms with Crippen LogP contribution in [0.2, 0.25) is 0 Å². The van der Waals surface area contributed by atoms with Crippen molar-refractivity contribution in [1.82, 2.24) is 4.90 Å². The van der Waals surface area contributed by atoms with Gasteiger partial charge >= 0.3 is 0 Å². The molecule has 2 heterocycles. The van der Waals surface area contributed by atoms with Crippen molar-refractivity contribution < 1.29 is 9.15 Å². The summed E-state index contributed by atoms with van der Waals surface area (Å²) in [5.41, 5.74) is 0.837. The van der Waals surface area contributed by atoms with Crippen molar-refractivity contribution in [1.29, 1.82) is 0 Å². The molecule has 0 saturated carbocycles. The second-order valence-electron chi connectivity index (χ2n) is 5.96. The summed E-state index contributed by atoms with van der Waals surface area (Å²) in [5, 5.41) is 2.98. The minimum absolute atomic E-state index is 0.223. The van der Waals surface area contributed by atoms with Gasteiger partial charge in [-0.25, -0.2) is 0 Å². The number of rotatable bonds is 6. The fourth-order valence-corrected chi connectivity index (χ4v) is 4.35. The third kappa shape index (κ3) is 3.11. The molecule has 116 valence electrons. The number of fused-ring (bicyclic) bond motifs is 1. The molecule has 0 aliphatic heterocycles. The maximum atomic E-state index is 6.52. The molecule has 0 spiro atoms. The van der Waals surface area contributed by atoms with Gasteiger partial charge in [-0.1, -0.05) is 18.2 Å². The van der Waals surface area contributed by atoms with Crippen molar-refractivity contribution in [3.63, 3.8) is 0 Å². The fraction of sp³-hybridized carbons (Fsp3) is 0.294. The van der Waals surface area contributed by atoms with Gasteiger partial charge in [-0.3, -0.25) is 0 Å². The van der Waals surface area contributed by atoms with E-state index in [1.807, 2.05) is 24.3 Å². The number of thiophene rings is 1. The van der Waals surface area contributed by atoms with Crippen LogP contribution < -0.4 is 4.74 Å². The van der Waals surface area contributed by atoms with Gasteiger partial charge in [0.05, 0.1) is 16.5 Å². The summed E-state index contributed by atoms with van der Waals surface area (Å²) in [6.07, 6.45) is 2.70. The molecule has 0 aliphatic carbocycles. The predicted octanol–water partition coefficient (Wildman–Crippen LogP) is 3.04. The number of furan rings is 1. The summed E-state index contributed by atoms with van der Waals surface area (Å²) in [4.78, 5) is 3.50. The highest BCUT2D eigenvalue weighted by Gasteiger charge is 2.30. The highest BCUT2D eigenvalue weighted by atomic mass is 32.1. The van der Waals surface area contributed by atoms with E-state index in [-0.39, 0.29) is 5.22 Å². The first-order valence-corrected chi connectivity index (χ1v) is 9.30. The van der Waals surface area contributed by atoms with Gasteiger partial charge in [0.15, 0.2) is 11.3 Å². The maximum absolute atomic E-state index is 6.52. The summed E-state index contributed by atoms with van der Waals surface area (Å²) in [7, 11) is 5.12. The van der Waals surface area contributed by atoms with Crippen LogP contribution >= 0.6 is 11.3 Å². The highest BCUT2D eigenvalue weighted by molar-refractivity contribution is 7.10. The van der Waals surface area contributed by atoms with Crippen LogP contribution in [0.5, 0.6) is 5.75 Å².